The third-order valence-electron chi connectivity index (χ3n) is 4.17. The molecule has 0 aliphatic heterocycles. The number of anilines is 2. The first-order valence-corrected chi connectivity index (χ1v) is 9.23. The molecule has 4 rings (SSSR count). The van der Waals surface area contributed by atoms with Crippen molar-refractivity contribution in [1.82, 2.24) is 19.9 Å². The van der Waals surface area contributed by atoms with Crippen molar-refractivity contribution in [2.45, 2.75) is 19.5 Å². The van der Waals surface area contributed by atoms with Crippen LogP contribution in [0.3, 0.4) is 0 Å². The van der Waals surface area contributed by atoms with E-state index in [0.29, 0.717) is 34.1 Å². The van der Waals surface area contributed by atoms with Gasteiger partial charge in [0.05, 0.1) is 17.4 Å². The highest BCUT2D eigenvalue weighted by molar-refractivity contribution is 7.16. The smallest absolute Gasteiger partial charge is 0.337 e. The summed E-state index contributed by atoms with van der Waals surface area (Å²) in [6, 6.07) is 10.2. The van der Waals surface area contributed by atoms with Crippen LogP contribution in [0.5, 0.6) is 0 Å². The normalized spacial score (nSPS) is 11.7. The van der Waals surface area contributed by atoms with Gasteiger partial charge < -0.3 is 5.32 Å². The highest BCUT2D eigenvalue weighted by atomic mass is 32.1. The van der Waals surface area contributed by atoms with Crippen molar-refractivity contribution in [3.63, 3.8) is 0 Å². The molecular formula is C19H14F3N5S. The summed E-state index contributed by atoms with van der Waals surface area (Å²) >= 11 is 1.38. The highest BCUT2D eigenvalue weighted by Crippen LogP contribution is 2.29. The standard InChI is InChI=1S/C19H14F3N5S/c1-11-4-2-3-5-12(11)8-15-26-17(16-18(27-15)28-10-24-16)25-13-6-7-14(23-9-13)19(20,21)22/h2-7,9-10H,8H2,1H3,(H,25,26,27). The lowest BCUT2D eigenvalue weighted by Gasteiger charge is -2.10. The Balaban J connectivity index is 1.66. The van der Waals surface area contributed by atoms with E-state index in [-0.39, 0.29) is 0 Å². The minimum atomic E-state index is -4.48. The van der Waals surface area contributed by atoms with Gasteiger partial charge in [0, 0.05) is 6.42 Å². The van der Waals surface area contributed by atoms with Crippen molar-refractivity contribution < 1.29 is 13.2 Å². The summed E-state index contributed by atoms with van der Waals surface area (Å²) in [5.74, 6) is 1.05. The fourth-order valence-electron chi connectivity index (χ4n) is 2.72. The average molecular weight is 401 g/mol. The molecule has 0 bridgehead atoms. The maximum Gasteiger partial charge on any atom is 0.433 e. The SMILES string of the molecule is Cc1ccccc1Cc1nc(Nc2ccc(C(F)(F)F)nc2)c2ncsc2n1. The predicted molar refractivity (Wildman–Crippen MR) is 102 cm³/mol. The Morgan fingerprint density at radius 3 is 2.57 bits per heavy atom. The summed E-state index contributed by atoms with van der Waals surface area (Å²) in [6.07, 6.45) is -2.80. The molecule has 0 spiro atoms. The van der Waals surface area contributed by atoms with Gasteiger partial charge in [-0.25, -0.2) is 19.9 Å². The molecule has 0 amide bonds. The first-order chi connectivity index (χ1) is 13.4. The monoisotopic (exact) mass is 401 g/mol. The van der Waals surface area contributed by atoms with Crippen LogP contribution in [-0.4, -0.2) is 19.9 Å². The molecule has 0 aliphatic rings. The second-order valence-corrected chi connectivity index (χ2v) is 6.99. The van der Waals surface area contributed by atoms with Crippen LogP contribution in [0.1, 0.15) is 22.6 Å². The molecule has 0 aliphatic carbocycles. The topological polar surface area (TPSA) is 63.6 Å². The number of aromatic nitrogens is 4. The molecular weight excluding hydrogens is 387 g/mol. The second kappa shape index (κ2) is 7.16. The van der Waals surface area contributed by atoms with Crippen molar-refractivity contribution >= 4 is 33.2 Å². The Morgan fingerprint density at radius 2 is 1.86 bits per heavy atom. The van der Waals surface area contributed by atoms with Crippen LogP contribution in [-0.2, 0) is 12.6 Å². The van der Waals surface area contributed by atoms with Gasteiger partial charge in [0.25, 0.3) is 0 Å². The maximum atomic E-state index is 12.7. The molecule has 4 aromatic rings. The molecule has 0 saturated heterocycles. The molecule has 0 unspecified atom stereocenters. The van der Waals surface area contributed by atoms with Crippen LogP contribution in [0.4, 0.5) is 24.7 Å². The van der Waals surface area contributed by atoms with Crippen molar-refractivity contribution in [1.29, 1.82) is 0 Å². The van der Waals surface area contributed by atoms with Crippen LogP contribution in [0.15, 0.2) is 48.1 Å². The molecule has 1 N–H and O–H groups in total. The molecule has 5 nitrogen and oxygen atoms in total. The predicted octanol–water partition coefficient (Wildman–Crippen LogP) is 5.14. The molecule has 0 atom stereocenters. The lowest BCUT2D eigenvalue weighted by atomic mass is 10.1. The molecule has 0 fully saturated rings. The molecule has 9 heteroatoms. The van der Waals surface area contributed by atoms with Gasteiger partial charge in [-0.3, -0.25) is 0 Å². The number of thiazole rings is 1. The Labute approximate surface area is 162 Å². The van der Waals surface area contributed by atoms with Crippen LogP contribution in [0, 0.1) is 6.92 Å². The van der Waals surface area contributed by atoms with Crippen molar-refractivity contribution in [3.8, 4) is 0 Å². The van der Waals surface area contributed by atoms with E-state index >= 15 is 0 Å². The van der Waals surface area contributed by atoms with Gasteiger partial charge in [0.2, 0.25) is 0 Å². The fraction of sp³-hybridized carbons (Fsp3) is 0.158. The number of pyridine rings is 1. The molecule has 1 aromatic carbocycles. The van der Waals surface area contributed by atoms with Gasteiger partial charge >= 0.3 is 6.18 Å². The van der Waals surface area contributed by atoms with Crippen LogP contribution >= 0.6 is 11.3 Å². The molecule has 28 heavy (non-hydrogen) atoms. The zero-order chi connectivity index (χ0) is 19.7. The van der Waals surface area contributed by atoms with Gasteiger partial charge in [0.1, 0.15) is 21.9 Å². The third-order valence-corrected chi connectivity index (χ3v) is 4.89. The van der Waals surface area contributed by atoms with E-state index in [9.17, 15) is 13.2 Å². The number of fused-ring (bicyclic) bond motifs is 1. The van der Waals surface area contributed by atoms with E-state index in [1.54, 1.807) is 5.51 Å². The Morgan fingerprint density at radius 1 is 1.04 bits per heavy atom. The number of hydrogen-bond acceptors (Lipinski definition) is 6. The Kier molecular flexibility index (Phi) is 4.68. The minimum Gasteiger partial charge on any atom is -0.337 e. The van der Waals surface area contributed by atoms with Crippen molar-refractivity contribution in [3.05, 3.63) is 70.8 Å². The number of aryl methyl sites for hydroxylation is 1. The summed E-state index contributed by atoms with van der Waals surface area (Å²) in [4.78, 5) is 17.6. The van der Waals surface area contributed by atoms with Crippen LogP contribution in [0.2, 0.25) is 0 Å². The van der Waals surface area contributed by atoms with E-state index in [2.05, 4.69) is 25.3 Å². The minimum absolute atomic E-state index is 0.392. The van der Waals surface area contributed by atoms with E-state index in [1.165, 1.54) is 17.4 Å². The first kappa shape index (κ1) is 18.3. The third kappa shape index (κ3) is 3.79. The highest BCUT2D eigenvalue weighted by Gasteiger charge is 2.32. The number of nitrogens with zero attached hydrogens (tertiary/aromatic N) is 4. The summed E-state index contributed by atoms with van der Waals surface area (Å²) in [5.41, 5.74) is 3.92. The number of hydrogen-bond donors (Lipinski definition) is 1. The van der Waals surface area contributed by atoms with Gasteiger partial charge in [0.15, 0.2) is 5.82 Å². The molecule has 0 radical (unpaired) electrons. The number of benzene rings is 1. The second-order valence-electron chi connectivity index (χ2n) is 6.15. The quantitative estimate of drug-likeness (QED) is 0.513. The van der Waals surface area contributed by atoms with Crippen molar-refractivity contribution in [2.75, 3.05) is 5.32 Å². The molecule has 0 saturated carbocycles. The number of halogens is 3. The van der Waals surface area contributed by atoms with E-state index in [1.807, 2.05) is 31.2 Å². The van der Waals surface area contributed by atoms with Gasteiger partial charge in [-0.05, 0) is 30.2 Å². The van der Waals surface area contributed by atoms with Gasteiger partial charge in [-0.2, -0.15) is 13.2 Å². The summed E-state index contributed by atoms with van der Waals surface area (Å²) < 4.78 is 38.1. The zero-order valence-electron chi connectivity index (χ0n) is 14.7. The number of rotatable bonds is 4. The van der Waals surface area contributed by atoms with Gasteiger partial charge in [-0.15, -0.1) is 11.3 Å². The van der Waals surface area contributed by atoms with Crippen molar-refractivity contribution in [2.24, 2.45) is 0 Å². The summed E-state index contributed by atoms with van der Waals surface area (Å²) in [5, 5.41) is 3.02. The average Bonchev–Trinajstić information content (AvgIpc) is 3.12. The lowest BCUT2D eigenvalue weighted by Crippen LogP contribution is -2.08. The summed E-state index contributed by atoms with van der Waals surface area (Å²) in [7, 11) is 0. The Bertz CT molecular complexity index is 1120. The van der Waals surface area contributed by atoms with E-state index < -0.39 is 11.9 Å². The summed E-state index contributed by atoms with van der Waals surface area (Å²) in [6.45, 7) is 2.02. The lowest BCUT2D eigenvalue weighted by molar-refractivity contribution is -0.141. The maximum absolute atomic E-state index is 12.7. The Hall–Kier alpha value is -3.07. The van der Waals surface area contributed by atoms with Crippen LogP contribution in [0.25, 0.3) is 10.3 Å². The van der Waals surface area contributed by atoms with E-state index in [4.69, 9.17) is 0 Å². The molecule has 142 valence electrons. The van der Waals surface area contributed by atoms with E-state index in [0.717, 1.165) is 23.4 Å². The number of nitrogens with one attached hydrogen (secondary N) is 1. The van der Waals surface area contributed by atoms with Crippen LogP contribution < -0.4 is 5.32 Å². The largest absolute Gasteiger partial charge is 0.433 e. The number of alkyl halides is 3. The zero-order valence-corrected chi connectivity index (χ0v) is 15.5. The molecule has 3 heterocycles. The molecule has 3 aromatic heterocycles. The fourth-order valence-corrected chi connectivity index (χ4v) is 3.40. The van der Waals surface area contributed by atoms with Gasteiger partial charge in [-0.1, -0.05) is 24.3 Å². The first-order valence-electron chi connectivity index (χ1n) is 8.35.